The lowest BCUT2D eigenvalue weighted by atomic mass is 10.00. The first-order valence-electron chi connectivity index (χ1n) is 8.19. The second kappa shape index (κ2) is 8.35. The van der Waals surface area contributed by atoms with Crippen LogP contribution in [0.5, 0.6) is 5.75 Å². The van der Waals surface area contributed by atoms with Crippen molar-refractivity contribution in [2.24, 2.45) is 5.92 Å². The Morgan fingerprint density at radius 3 is 2.96 bits per heavy atom. The zero-order chi connectivity index (χ0) is 16.2. The second-order valence-corrected chi connectivity index (χ2v) is 6.17. The third kappa shape index (κ3) is 4.19. The average molecular weight is 354 g/mol. The summed E-state index contributed by atoms with van der Waals surface area (Å²) >= 11 is 0. The van der Waals surface area contributed by atoms with E-state index >= 15 is 0 Å². The van der Waals surface area contributed by atoms with Gasteiger partial charge >= 0.3 is 0 Å². The molecule has 2 heterocycles. The summed E-state index contributed by atoms with van der Waals surface area (Å²) in [5.74, 6) is 0.800. The maximum Gasteiger partial charge on any atom is 0.268 e. The summed E-state index contributed by atoms with van der Waals surface area (Å²) < 4.78 is 5.58. The molecule has 2 unspecified atom stereocenters. The van der Waals surface area contributed by atoms with Crippen molar-refractivity contribution in [1.29, 1.82) is 0 Å². The van der Waals surface area contributed by atoms with Gasteiger partial charge in [-0.3, -0.25) is 14.5 Å². The summed E-state index contributed by atoms with van der Waals surface area (Å²) in [7, 11) is 0. The molecular weight excluding hydrogens is 330 g/mol. The Balaban J connectivity index is 0.00000208. The summed E-state index contributed by atoms with van der Waals surface area (Å²) in [4.78, 5) is 26.1. The number of hydrogen-bond acceptors (Lipinski definition) is 4. The number of ether oxygens (including phenoxy) is 1. The van der Waals surface area contributed by atoms with Gasteiger partial charge in [0, 0.05) is 6.54 Å². The first kappa shape index (κ1) is 18.5. The average Bonchev–Trinajstić information content (AvgIpc) is 2.58. The predicted molar refractivity (Wildman–Crippen MR) is 94.7 cm³/mol. The van der Waals surface area contributed by atoms with Crippen molar-refractivity contribution in [3.05, 3.63) is 24.3 Å². The largest absolute Gasteiger partial charge is 0.479 e. The molecule has 2 N–H and O–H groups in total. The highest BCUT2D eigenvalue weighted by Crippen LogP contribution is 2.33. The van der Waals surface area contributed by atoms with Gasteiger partial charge in [0.05, 0.1) is 5.69 Å². The minimum atomic E-state index is -0.569. The van der Waals surface area contributed by atoms with Gasteiger partial charge in [-0.1, -0.05) is 12.1 Å². The van der Waals surface area contributed by atoms with Crippen LogP contribution >= 0.6 is 12.4 Å². The quantitative estimate of drug-likeness (QED) is 0.857. The van der Waals surface area contributed by atoms with E-state index in [1.165, 1.54) is 4.90 Å². The normalized spacial score (nSPS) is 22.9. The van der Waals surface area contributed by atoms with E-state index in [0.29, 0.717) is 23.9 Å². The van der Waals surface area contributed by atoms with Crippen molar-refractivity contribution in [3.8, 4) is 5.75 Å². The summed E-state index contributed by atoms with van der Waals surface area (Å²) in [5.41, 5.74) is 0.657. The Bertz CT molecular complexity index is 590. The highest BCUT2D eigenvalue weighted by molar-refractivity contribution is 6.03. The first-order valence-corrected chi connectivity index (χ1v) is 8.19. The predicted octanol–water partition coefficient (Wildman–Crippen LogP) is 1.34. The van der Waals surface area contributed by atoms with Gasteiger partial charge in [-0.25, -0.2) is 0 Å². The molecule has 3 rings (SSSR count). The number of nitrogens with zero attached hydrogens (tertiary/aromatic N) is 1. The monoisotopic (exact) mass is 353 g/mol. The highest BCUT2D eigenvalue weighted by atomic mass is 35.5. The number of anilines is 1. The van der Waals surface area contributed by atoms with Gasteiger partial charge < -0.3 is 15.4 Å². The molecule has 1 aromatic rings. The standard InChI is InChI=1S/C17H23N3O3.ClH/c1-12-17(22)20(14-6-2-3-7-15(14)23-12)11-16(21)19-10-13-5-4-8-18-9-13;/h2-3,6-7,12-13,18H,4-5,8-11H2,1H3,(H,19,21);1H. The van der Waals surface area contributed by atoms with Gasteiger partial charge in [-0.05, 0) is 50.9 Å². The fourth-order valence-electron chi connectivity index (χ4n) is 3.08. The smallest absolute Gasteiger partial charge is 0.268 e. The number of amides is 2. The highest BCUT2D eigenvalue weighted by Gasteiger charge is 2.32. The topological polar surface area (TPSA) is 70.7 Å². The third-order valence-corrected chi connectivity index (χ3v) is 4.36. The molecule has 0 aromatic heterocycles. The molecule has 1 fully saturated rings. The number of fused-ring (bicyclic) bond motifs is 1. The minimum absolute atomic E-state index is 0. The van der Waals surface area contributed by atoms with E-state index in [4.69, 9.17) is 4.74 Å². The molecule has 2 aliphatic heterocycles. The van der Waals surface area contributed by atoms with E-state index < -0.39 is 6.10 Å². The van der Waals surface area contributed by atoms with Gasteiger partial charge in [0.2, 0.25) is 5.91 Å². The number of nitrogens with one attached hydrogen (secondary N) is 2. The molecule has 1 saturated heterocycles. The van der Waals surface area contributed by atoms with Gasteiger partial charge in [0.15, 0.2) is 6.10 Å². The zero-order valence-electron chi connectivity index (χ0n) is 13.8. The van der Waals surface area contributed by atoms with Crippen molar-refractivity contribution in [1.82, 2.24) is 10.6 Å². The molecule has 0 saturated carbocycles. The molecule has 2 aliphatic rings. The van der Waals surface area contributed by atoms with Crippen LogP contribution in [0.3, 0.4) is 0 Å². The van der Waals surface area contributed by atoms with E-state index in [0.717, 1.165) is 25.9 Å². The Hall–Kier alpha value is -1.79. The van der Waals surface area contributed by atoms with Crippen LogP contribution in [0.4, 0.5) is 5.69 Å². The lowest BCUT2D eigenvalue weighted by Crippen LogP contribution is -2.49. The summed E-state index contributed by atoms with van der Waals surface area (Å²) in [6.45, 7) is 4.39. The van der Waals surface area contributed by atoms with E-state index in [1.807, 2.05) is 18.2 Å². The maximum atomic E-state index is 12.3. The van der Waals surface area contributed by atoms with E-state index in [1.54, 1.807) is 13.0 Å². The van der Waals surface area contributed by atoms with Gasteiger partial charge in [-0.15, -0.1) is 12.4 Å². The number of piperidine rings is 1. The molecule has 24 heavy (non-hydrogen) atoms. The van der Waals surface area contributed by atoms with Crippen molar-refractivity contribution in [2.75, 3.05) is 31.1 Å². The second-order valence-electron chi connectivity index (χ2n) is 6.17. The Morgan fingerprint density at radius 1 is 1.42 bits per heavy atom. The van der Waals surface area contributed by atoms with Crippen LogP contribution in [-0.2, 0) is 9.59 Å². The molecule has 132 valence electrons. The van der Waals surface area contributed by atoms with Gasteiger partial charge in [0.1, 0.15) is 12.3 Å². The zero-order valence-corrected chi connectivity index (χ0v) is 14.6. The van der Waals surface area contributed by atoms with Crippen LogP contribution in [0.15, 0.2) is 24.3 Å². The van der Waals surface area contributed by atoms with Crippen LogP contribution in [0.1, 0.15) is 19.8 Å². The number of para-hydroxylation sites is 2. The Morgan fingerprint density at radius 2 is 2.21 bits per heavy atom. The fourth-order valence-corrected chi connectivity index (χ4v) is 3.08. The van der Waals surface area contributed by atoms with Crippen molar-refractivity contribution in [3.63, 3.8) is 0 Å². The number of carbonyl (C=O) groups is 2. The number of halogens is 1. The van der Waals surface area contributed by atoms with Gasteiger partial charge in [-0.2, -0.15) is 0 Å². The van der Waals surface area contributed by atoms with Crippen molar-refractivity contribution in [2.45, 2.75) is 25.9 Å². The molecule has 0 spiro atoms. The van der Waals surface area contributed by atoms with Crippen LogP contribution in [0, 0.1) is 5.92 Å². The van der Waals surface area contributed by atoms with Crippen molar-refractivity contribution >= 4 is 29.9 Å². The lowest BCUT2D eigenvalue weighted by Gasteiger charge is -2.32. The third-order valence-electron chi connectivity index (χ3n) is 4.36. The first-order chi connectivity index (χ1) is 11.1. The van der Waals surface area contributed by atoms with Crippen LogP contribution in [0.25, 0.3) is 0 Å². The Labute approximate surface area is 148 Å². The van der Waals surface area contributed by atoms with Crippen LogP contribution in [-0.4, -0.2) is 44.1 Å². The number of carbonyl (C=O) groups excluding carboxylic acids is 2. The fraction of sp³-hybridized carbons (Fsp3) is 0.529. The SMILES string of the molecule is CC1Oc2ccccc2N(CC(=O)NCC2CCCNC2)C1=O.Cl. The molecule has 0 bridgehead atoms. The summed E-state index contributed by atoms with van der Waals surface area (Å²) in [6.07, 6.45) is 1.71. The molecular formula is C17H24ClN3O3. The summed E-state index contributed by atoms with van der Waals surface area (Å²) in [6, 6.07) is 7.31. The Kier molecular flexibility index (Phi) is 6.45. The number of hydrogen-bond donors (Lipinski definition) is 2. The molecule has 7 heteroatoms. The van der Waals surface area contributed by atoms with E-state index in [2.05, 4.69) is 10.6 Å². The molecule has 6 nitrogen and oxygen atoms in total. The maximum absolute atomic E-state index is 12.3. The van der Waals surface area contributed by atoms with Gasteiger partial charge in [0.25, 0.3) is 5.91 Å². The molecule has 0 radical (unpaired) electrons. The molecule has 2 amide bonds. The summed E-state index contributed by atoms with van der Waals surface area (Å²) in [5, 5.41) is 6.29. The van der Waals surface area contributed by atoms with Crippen LogP contribution < -0.4 is 20.3 Å². The van der Waals surface area contributed by atoms with E-state index in [9.17, 15) is 9.59 Å². The van der Waals surface area contributed by atoms with E-state index in [-0.39, 0.29) is 30.8 Å². The number of rotatable bonds is 4. The minimum Gasteiger partial charge on any atom is -0.479 e. The molecule has 0 aliphatic carbocycles. The van der Waals surface area contributed by atoms with Crippen molar-refractivity contribution < 1.29 is 14.3 Å². The molecule has 2 atom stereocenters. The van der Waals surface area contributed by atoms with Crippen LogP contribution in [0.2, 0.25) is 0 Å². The lowest BCUT2D eigenvalue weighted by molar-refractivity contribution is -0.128. The molecule has 1 aromatic carbocycles. The number of benzene rings is 1.